The number of carbonyl (C=O) groups excluding carboxylic acids is 1. The van der Waals surface area contributed by atoms with Crippen molar-refractivity contribution in [3.8, 4) is 11.5 Å². The summed E-state index contributed by atoms with van der Waals surface area (Å²) in [5.74, 6) is -2.93. The standard InChI is InChI=1S/C14H12N2O5/c15-7-4-5-9(8(6-7)14(20)21)16-13(19)12-10(17)2-1-3-11(12)18/h1-6,17-18H,15H2,(H,16,19)(H,20,21). The largest absolute Gasteiger partial charge is 0.507 e. The first-order chi connectivity index (χ1) is 9.90. The van der Waals surface area contributed by atoms with Gasteiger partial charge in [0.05, 0.1) is 11.3 Å². The van der Waals surface area contributed by atoms with Gasteiger partial charge in [-0.2, -0.15) is 0 Å². The normalized spacial score (nSPS) is 10.1. The number of anilines is 2. The molecule has 21 heavy (non-hydrogen) atoms. The summed E-state index contributed by atoms with van der Waals surface area (Å²) < 4.78 is 0. The molecule has 0 saturated heterocycles. The van der Waals surface area contributed by atoms with Crippen molar-refractivity contribution >= 4 is 23.3 Å². The fourth-order valence-corrected chi connectivity index (χ4v) is 1.79. The number of phenols is 2. The van der Waals surface area contributed by atoms with Gasteiger partial charge in [0.2, 0.25) is 0 Å². The molecule has 0 spiro atoms. The van der Waals surface area contributed by atoms with Gasteiger partial charge in [0.15, 0.2) is 0 Å². The molecule has 7 nitrogen and oxygen atoms in total. The smallest absolute Gasteiger partial charge is 0.337 e. The van der Waals surface area contributed by atoms with E-state index in [4.69, 9.17) is 10.8 Å². The van der Waals surface area contributed by atoms with Crippen LogP contribution >= 0.6 is 0 Å². The molecule has 0 heterocycles. The van der Waals surface area contributed by atoms with Crippen molar-refractivity contribution in [2.75, 3.05) is 11.1 Å². The number of amides is 1. The van der Waals surface area contributed by atoms with Crippen molar-refractivity contribution in [2.45, 2.75) is 0 Å². The molecule has 0 unspecified atom stereocenters. The van der Waals surface area contributed by atoms with Crippen LogP contribution in [0.3, 0.4) is 0 Å². The molecule has 0 bridgehead atoms. The van der Waals surface area contributed by atoms with Gasteiger partial charge in [-0.15, -0.1) is 0 Å². The average Bonchev–Trinajstić information content (AvgIpc) is 2.40. The molecule has 6 N–H and O–H groups in total. The number of nitrogen functional groups attached to an aromatic ring is 1. The summed E-state index contributed by atoms with van der Waals surface area (Å²) in [4.78, 5) is 23.2. The van der Waals surface area contributed by atoms with Crippen LogP contribution in [0.1, 0.15) is 20.7 Å². The Labute approximate surface area is 119 Å². The zero-order chi connectivity index (χ0) is 15.6. The third-order valence-corrected chi connectivity index (χ3v) is 2.77. The van der Waals surface area contributed by atoms with Gasteiger partial charge >= 0.3 is 5.97 Å². The number of aromatic carboxylic acids is 1. The summed E-state index contributed by atoms with van der Waals surface area (Å²) in [6, 6.07) is 7.78. The number of hydrogen-bond acceptors (Lipinski definition) is 5. The zero-order valence-electron chi connectivity index (χ0n) is 10.7. The predicted molar refractivity (Wildman–Crippen MR) is 75.5 cm³/mol. The molecule has 2 aromatic carbocycles. The highest BCUT2D eigenvalue weighted by Gasteiger charge is 2.19. The summed E-state index contributed by atoms with van der Waals surface area (Å²) in [5, 5.41) is 30.6. The van der Waals surface area contributed by atoms with E-state index in [0.717, 1.165) is 0 Å². The van der Waals surface area contributed by atoms with Gasteiger partial charge < -0.3 is 26.4 Å². The minimum absolute atomic E-state index is 0.00403. The van der Waals surface area contributed by atoms with Gasteiger partial charge in [-0.3, -0.25) is 4.79 Å². The molecule has 0 atom stereocenters. The highest BCUT2D eigenvalue weighted by Crippen LogP contribution is 2.28. The van der Waals surface area contributed by atoms with Crippen molar-refractivity contribution < 1.29 is 24.9 Å². The lowest BCUT2D eigenvalue weighted by atomic mass is 10.1. The van der Waals surface area contributed by atoms with E-state index >= 15 is 0 Å². The molecule has 2 aromatic rings. The summed E-state index contributed by atoms with van der Waals surface area (Å²) in [7, 11) is 0. The third kappa shape index (κ3) is 2.86. The van der Waals surface area contributed by atoms with Crippen molar-refractivity contribution in [3.63, 3.8) is 0 Å². The average molecular weight is 288 g/mol. The summed E-state index contributed by atoms with van der Waals surface area (Å²) in [6.07, 6.45) is 0. The van der Waals surface area contributed by atoms with Crippen LogP contribution in [0, 0.1) is 0 Å². The number of nitrogens with one attached hydrogen (secondary N) is 1. The second kappa shape index (κ2) is 5.41. The molecule has 0 aliphatic carbocycles. The van der Waals surface area contributed by atoms with Crippen molar-refractivity contribution in [1.82, 2.24) is 0 Å². The van der Waals surface area contributed by atoms with E-state index in [1.54, 1.807) is 0 Å². The van der Waals surface area contributed by atoms with Crippen LogP contribution in [-0.2, 0) is 0 Å². The third-order valence-electron chi connectivity index (χ3n) is 2.77. The monoisotopic (exact) mass is 288 g/mol. The van der Waals surface area contributed by atoms with E-state index in [-0.39, 0.29) is 22.5 Å². The number of benzene rings is 2. The number of carboxylic acid groups (broad SMARTS) is 1. The number of carboxylic acids is 1. The molecule has 0 aliphatic rings. The fourth-order valence-electron chi connectivity index (χ4n) is 1.79. The molecule has 0 radical (unpaired) electrons. The molecule has 0 saturated carbocycles. The highest BCUT2D eigenvalue weighted by molar-refractivity contribution is 6.10. The lowest BCUT2D eigenvalue weighted by molar-refractivity contribution is 0.0698. The Hall–Kier alpha value is -3.22. The number of nitrogens with two attached hydrogens (primary N) is 1. The molecule has 2 rings (SSSR count). The zero-order valence-corrected chi connectivity index (χ0v) is 10.7. The number of phenolic OH excluding ortho intramolecular Hbond substituents is 2. The summed E-state index contributed by atoms with van der Waals surface area (Å²) in [6.45, 7) is 0. The first kappa shape index (κ1) is 14.2. The Morgan fingerprint density at radius 2 is 1.67 bits per heavy atom. The fraction of sp³-hybridized carbons (Fsp3) is 0. The van der Waals surface area contributed by atoms with E-state index < -0.39 is 23.4 Å². The van der Waals surface area contributed by atoms with Crippen LogP contribution in [0.25, 0.3) is 0 Å². The van der Waals surface area contributed by atoms with Crippen molar-refractivity contribution in [3.05, 3.63) is 47.5 Å². The van der Waals surface area contributed by atoms with E-state index in [9.17, 15) is 19.8 Å². The van der Waals surface area contributed by atoms with Crippen LogP contribution in [0.5, 0.6) is 11.5 Å². The molecule has 7 heteroatoms. The van der Waals surface area contributed by atoms with Crippen molar-refractivity contribution in [1.29, 1.82) is 0 Å². The minimum Gasteiger partial charge on any atom is -0.507 e. The van der Waals surface area contributed by atoms with Gasteiger partial charge in [-0.25, -0.2) is 4.79 Å². The molecule has 0 aromatic heterocycles. The second-order valence-corrected chi connectivity index (χ2v) is 4.24. The van der Waals surface area contributed by atoms with Crippen LogP contribution < -0.4 is 11.1 Å². The van der Waals surface area contributed by atoms with Gasteiger partial charge in [0.1, 0.15) is 17.1 Å². The summed E-state index contributed by atoms with van der Waals surface area (Å²) >= 11 is 0. The van der Waals surface area contributed by atoms with Gasteiger partial charge in [0.25, 0.3) is 5.91 Å². The maximum absolute atomic E-state index is 12.1. The molecule has 1 amide bonds. The Kier molecular flexibility index (Phi) is 3.66. The number of carbonyl (C=O) groups is 2. The number of hydrogen-bond donors (Lipinski definition) is 5. The lowest BCUT2D eigenvalue weighted by Gasteiger charge is -2.11. The number of rotatable bonds is 3. The Morgan fingerprint density at radius 1 is 1.05 bits per heavy atom. The van der Waals surface area contributed by atoms with Crippen LogP contribution in [0.2, 0.25) is 0 Å². The molecule has 0 fully saturated rings. The van der Waals surface area contributed by atoms with Gasteiger partial charge in [-0.05, 0) is 30.3 Å². The van der Waals surface area contributed by atoms with Crippen LogP contribution in [0.4, 0.5) is 11.4 Å². The van der Waals surface area contributed by atoms with E-state index in [0.29, 0.717) is 0 Å². The molecular weight excluding hydrogens is 276 g/mol. The second-order valence-electron chi connectivity index (χ2n) is 4.24. The predicted octanol–water partition coefficient (Wildman–Crippen LogP) is 1.63. The van der Waals surface area contributed by atoms with E-state index in [2.05, 4.69) is 5.32 Å². The number of aromatic hydroxyl groups is 2. The van der Waals surface area contributed by atoms with Crippen LogP contribution in [-0.4, -0.2) is 27.2 Å². The summed E-state index contributed by atoms with van der Waals surface area (Å²) in [5.41, 5.74) is 5.20. The van der Waals surface area contributed by atoms with Crippen molar-refractivity contribution in [2.24, 2.45) is 0 Å². The quantitative estimate of drug-likeness (QED) is 0.545. The Balaban J connectivity index is 2.39. The van der Waals surface area contributed by atoms with E-state index in [1.165, 1.54) is 36.4 Å². The SMILES string of the molecule is Nc1ccc(NC(=O)c2c(O)cccc2O)c(C(=O)O)c1. The lowest BCUT2D eigenvalue weighted by Crippen LogP contribution is -2.15. The first-order valence-corrected chi connectivity index (χ1v) is 5.85. The molecule has 0 aliphatic heterocycles. The molecular formula is C14H12N2O5. The van der Waals surface area contributed by atoms with Gasteiger partial charge in [-0.1, -0.05) is 6.07 Å². The minimum atomic E-state index is -1.26. The molecule has 108 valence electrons. The maximum atomic E-state index is 12.1. The Morgan fingerprint density at radius 3 is 2.24 bits per heavy atom. The maximum Gasteiger partial charge on any atom is 0.337 e. The van der Waals surface area contributed by atoms with E-state index in [1.807, 2.05) is 0 Å². The topological polar surface area (TPSA) is 133 Å². The first-order valence-electron chi connectivity index (χ1n) is 5.85. The van der Waals surface area contributed by atoms with Crippen LogP contribution in [0.15, 0.2) is 36.4 Å². The highest BCUT2D eigenvalue weighted by atomic mass is 16.4. The Bertz CT molecular complexity index is 707. The van der Waals surface area contributed by atoms with Gasteiger partial charge in [0, 0.05) is 5.69 Å².